The van der Waals surface area contributed by atoms with Crippen LogP contribution in [0.15, 0.2) is 4.79 Å². The molecule has 1 saturated carbocycles. The van der Waals surface area contributed by atoms with E-state index in [9.17, 15) is 19.7 Å². The first-order chi connectivity index (χ1) is 10.4. The molecule has 0 atom stereocenters. The Morgan fingerprint density at radius 3 is 2.68 bits per heavy atom. The number of nitrogens with one attached hydrogen (secondary N) is 1. The summed E-state index contributed by atoms with van der Waals surface area (Å²) in [4.78, 5) is 35.0. The fourth-order valence-electron chi connectivity index (χ4n) is 1.98. The van der Waals surface area contributed by atoms with E-state index in [-0.39, 0.29) is 21.3 Å². The van der Waals surface area contributed by atoms with Gasteiger partial charge in [-0.3, -0.25) is 14.9 Å². The minimum atomic E-state index is -0.817. The smallest absolute Gasteiger partial charge is 0.344 e. The molecule has 0 aliphatic heterocycles. The van der Waals surface area contributed by atoms with Crippen molar-refractivity contribution in [2.24, 2.45) is 0 Å². The number of esters is 1. The van der Waals surface area contributed by atoms with Gasteiger partial charge in [-0.2, -0.15) is 0 Å². The fourth-order valence-corrected chi connectivity index (χ4v) is 4.89. The van der Waals surface area contributed by atoms with Gasteiger partial charge in [-0.1, -0.05) is 11.6 Å². The van der Waals surface area contributed by atoms with E-state index in [2.05, 4.69) is 10.1 Å². The number of methoxy groups -OCH3 is 1. The molecule has 3 rings (SSSR count). The Labute approximate surface area is 136 Å². The van der Waals surface area contributed by atoms with Crippen LogP contribution in [0.5, 0.6) is 0 Å². The molecule has 1 N–H and O–H groups in total. The molecule has 0 saturated heterocycles. The summed E-state index contributed by atoms with van der Waals surface area (Å²) in [6, 6.07) is 0.210. The quantitative estimate of drug-likeness (QED) is 0.510. The van der Waals surface area contributed by atoms with Gasteiger partial charge in [-0.25, -0.2) is 4.79 Å². The predicted molar refractivity (Wildman–Crippen MR) is 85.6 cm³/mol. The van der Waals surface area contributed by atoms with Crippen LogP contribution in [0, 0.1) is 10.1 Å². The van der Waals surface area contributed by atoms with E-state index in [0.29, 0.717) is 9.01 Å². The second kappa shape index (κ2) is 5.49. The topological polar surface area (TPSA) is 98.5 Å². The van der Waals surface area contributed by atoms with E-state index in [1.807, 2.05) is 0 Å². The van der Waals surface area contributed by atoms with E-state index in [1.165, 1.54) is 0 Å². The van der Waals surface area contributed by atoms with Crippen molar-refractivity contribution in [1.29, 1.82) is 0 Å². The first kappa shape index (κ1) is 15.2. The van der Waals surface area contributed by atoms with Crippen molar-refractivity contribution >= 4 is 60.3 Å². The molecular weight excluding hydrogens is 352 g/mol. The van der Waals surface area contributed by atoms with Crippen molar-refractivity contribution in [3.05, 3.63) is 30.2 Å². The summed E-state index contributed by atoms with van der Waals surface area (Å²) in [5, 5.41) is 14.5. The van der Waals surface area contributed by atoms with E-state index < -0.39 is 22.0 Å². The molecule has 116 valence electrons. The molecule has 1 aliphatic rings. The summed E-state index contributed by atoms with van der Waals surface area (Å²) >= 11 is 7.95. The van der Waals surface area contributed by atoms with Crippen LogP contribution in [-0.4, -0.2) is 24.0 Å². The Bertz CT molecular complexity index is 855. The van der Waals surface area contributed by atoms with Gasteiger partial charge in [0.05, 0.1) is 12.0 Å². The van der Waals surface area contributed by atoms with Crippen LogP contribution >= 0.6 is 34.3 Å². The summed E-state index contributed by atoms with van der Waals surface area (Å²) < 4.78 is 4.98. The molecule has 0 spiro atoms. The standard InChI is InChI=1S/C12H9ClN2O5S2/c1-20-11(17)6-8(16)5-7(15(18)19)9(13)21-12(5)22-10(6)14-4-2-3-4/h4,14H,2-3H2,1H3. The van der Waals surface area contributed by atoms with E-state index in [4.69, 9.17) is 11.6 Å². The van der Waals surface area contributed by atoms with Gasteiger partial charge >= 0.3 is 11.7 Å². The van der Waals surface area contributed by atoms with Crippen LogP contribution in [0.4, 0.5) is 10.7 Å². The lowest BCUT2D eigenvalue weighted by molar-refractivity contribution is -0.382. The Morgan fingerprint density at radius 1 is 1.45 bits per heavy atom. The maximum absolute atomic E-state index is 12.6. The van der Waals surface area contributed by atoms with E-state index >= 15 is 0 Å². The molecule has 7 nitrogen and oxygen atoms in total. The van der Waals surface area contributed by atoms with Crippen LogP contribution in [0.1, 0.15) is 23.2 Å². The second-order valence-corrected chi connectivity index (χ2v) is 7.59. The summed E-state index contributed by atoms with van der Waals surface area (Å²) in [6.45, 7) is 0. The van der Waals surface area contributed by atoms with Crippen LogP contribution in [0.25, 0.3) is 9.40 Å². The maximum Gasteiger partial charge on any atom is 0.344 e. The number of ether oxygens (including phenoxy) is 1. The number of carbonyl (C=O) groups excluding carboxylic acids is 1. The van der Waals surface area contributed by atoms with Gasteiger partial charge < -0.3 is 10.1 Å². The number of nitro groups is 1. The van der Waals surface area contributed by atoms with Crippen molar-refractivity contribution < 1.29 is 14.5 Å². The van der Waals surface area contributed by atoms with Crippen molar-refractivity contribution in [3.8, 4) is 0 Å². The third-order valence-corrected chi connectivity index (χ3v) is 5.76. The van der Waals surface area contributed by atoms with Gasteiger partial charge in [-0.15, -0.1) is 22.7 Å². The van der Waals surface area contributed by atoms with Crippen molar-refractivity contribution in [2.45, 2.75) is 18.9 Å². The summed E-state index contributed by atoms with van der Waals surface area (Å²) in [6.07, 6.45) is 1.90. The second-order valence-electron chi connectivity index (χ2n) is 4.69. The Hall–Kier alpha value is -1.71. The minimum absolute atomic E-state index is 0.0762. The summed E-state index contributed by atoms with van der Waals surface area (Å²) in [5.41, 5.74) is -1.38. The van der Waals surface area contributed by atoms with Crippen molar-refractivity contribution in [3.63, 3.8) is 0 Å². The highest BCUT2D eigenvalue weighted by molar-refractivity contribution is 7.41. The maximum atomic E-state index is 12.6. The first-order valence-electron chi connectivity index (χ1n) is 6.22. The van der Waals surface area contributed by atoms with Gasteiger partial charge in [0, 0.05) is 6.04 Å². The zero-order chi connectivity index (χ0) is 16.0. The van der Waals surface area contributed by atoms with E-state index in [0.717, 1.165) is 42.6 Å². The molecule has 1 aliphatic carbocycles. The molecule has 0 radical (unpaired) electrons. The minimum Gasteiger partial charge on any atom is -0.465 e. The number of halogens is 1. The molecule has 0 amide bonds. The Kier molecular flexibility index (Phi) is 3.79. The molecule has 2 heterocycles. The number of anilines is 1. The fraction of sp³-hybridized carbons (Fsp3) is 0.333. The van der Waals surface area contributed by atoms with Crippen molar-refractivity contribution in [2.75, 3.05) is 12.4 Å². The highest BCUT2D eigenvalue weighted by Gasteiger charge is 2.31. The predicted octanol–water partition coefficient (Wildman–Crippen LogP) is 3.25. The number of hydrogen-bond donors (Lipinski definition) is 1. The lowest BCUT2D eigenvalue weighted by Gasteiger charge is -2.08. The summed E-state index contributed by atoms with van der Waals surface area (Å²) in [7, 11) is 1.16. The lowest BCUT2D eigenvalue weighted by Crippen LogP contribution is -2.19. The average molecular weight is 361 g/mol. The molecule has 10 heteroatoms. The monoisotopic (exact) mass is 360 g/mol. The first-order valence-corrected chi connectivity index (χ1v) is 8.23. The normalized spacial score (nSPS) is 14.1. The Balaban J connectivity index is 2.33. The number of rotatable bonds is 4. The van der Waals surface area contributed by atoms with Gasteiger partial charge in [0.25, 0.3) is 0 Å². The third-order valence-electron chi connectivity index (χ3n) is 3.17. The van der Waals surface area contributed by atoms with Crippen LogP contribution in [-0.2, 0) is 4.74 Å². The molecular formula is C12H9ClN2O5S2. The zero-order valence-corrected chi connectivity index (χ0v) is 13.6. The lowest BCUT2D eigenvalue weighted by atomic mass is 10.2. The van der Waals surface area contributed by atoms with Gasteiger partial charge in [0.15, 0.2) is 4.34 Å². The number of fused-ring (bicyclic) bond motifs is 1. The highest BCUT2D eigenvalue weighted by Crippen LogP contribution is 2.44. The van der Waals surface area contributed by atoms with Gasteiger partial charge in [0.1, 0.15) is 20.0 Å². The number of carbonyl (C=O) groups is 1. The molecule has 0 bridgehead atoms. The van der Waals surface area contributed by atoms with Crippen LogP contribution in [0.2, 0.25) is 4.34 Å². The Morgan fingerprint density at radius 2 is 2.14 bits per heavy atom. The van der Waals surface area contributed by atoms with E-state index in [1.54, 1.807) is 0 Å². The molecule has 2 aromatic heterocycles. The number of thiophene rings is 1. The zero-order valence-electron chi connectivity index (χ0n) is 11.2. The van der Waals surface area contributed by atoms with Crippen molar-refractivity contribution in [1.82, 2.24) is 0 Å². The molecule has 2 aromatic rings. The highest BCUT2D eigenvalue weighted by atomic mass is 35.5. The molecule has 0 aromatic carbocycles. The largest absolute Gasteiger partial charge is 0.465 e. The van der Waals surface area contributed by atoms with Crippen LogP contribution in [0.3, 0.4) is 0 Å². The summed E-state index contributed by atoms with van der Waals surface area (Å²) in [5.74, 6) is -0.817. The SMILES string of the molecule is COC(=O)c1c(NC2CC2)sc2sc(Cl)c([N+](=O)[O-])c2c1=O. The average Bonchev–Trinajstić information content (AvgIpc) is 3.19. The molecule has 1 fully saturated rings. The third kappa shape index (κ3) is 2.44. The number of nitrogens with zero attached hydrogens (tertiary/aromatic N) is 1. The van der Waals surface area contributed by atoms with Gasteiger partial charge in [-0.05, 0) is 12.8 Å². The van der Waals surface area contributed by atoms with Crippen LogP contribution < -0.4 is 10.7 Å². The van der Waals surface area contributed by atoms with Gasteiger partial charge in [0.2, 0.25) is 5.43 Å². The number of hydrogen-bond acceptors (Lipinski definition) is 8. The molecule has 0 unspecified atom stereocenters. The molecule has 22 heavy (non-hydrogen) atoms.